The number of benzene rings is 1. The van der Waals surface area contributed by atoms with Crippen molar-refractivity contribution < 1.29 is 14.3 Å². The topological polar surface area (TPSA) is 85.4 Å². The molecular formula is C16H20N4O3S2. The van der Waals surface area contributed by atoms with Gasteiger partial charge in [-0.3, -0.25) is 5.32 Å². The third-order valence-electron chi connectivity index (χ3n) is 3.41. The second-order valence-electron chi connectivity index (χ2n) is 5.48. The van der Waals surface area contributed by atoms with Crippen LogP contribution in [0, 0.1) is 6.92 Å². The van der Waals surface area contributed by atoms with Gasteiger partial charge in [-0.2, -0.15) is 0 Å². The number of urea groups is 1. The van der Waals surface area contributed by atoms with Crippen LogP contribution in [0.4, 0.5) is 15.6 Å². The number of hydrogen-bond donors (Lipinski definition) is 2. The van der Waals surface area contributed by atoms with Crippen LogP contribution in [-0.2, 0) is 9.47 Å². The third-order valence-corrected chi connectivity index (χ3v) is 5.42. The Balaban J connectivity index is 1.41. The molecule has 7 nitrogen and oxygen atoms in total. The Morgan fingerprint density at radius 1 is 1.24 bits per heavy atom. The van der Waals surface area contributed by atoms with Gasteiger partial charge in [0.2, 0.25) is 5.13 Å². The molecule has 0 aliphatic carbocycles. The molecule has 1 aliphatic rings. The molecule has 1 aromatic carbocycles. The summed E-state index contributed by atoms with van der Waals surface area (Å²) < 4.78 is 11.8. The zero-order valence-electron chi connectivity index (χ0n) is 13.9. The van der Waals surface area contributed by atoms with Crippen molar-refractivity contribution >= 4 is 39.9 Å². The summed E-state index contributed by atoms with van der Waals surface area (Å²) in [5.74, 6) is 0.828. The zero-order chi connectivity index (χ0) is 17.5. The summed E-state index contributed by atoms with van der Waals surface area (Å²) in [7, 11) is 0. The Hall–Kier alpha value is -1.68. The molecule has 0 atom stereocenters. The molecule has 0 unspecified atom stereocenters. The van der Waals surface area contributed by atoms with Crippen LogP contribution >= 0.6 is 23.1 Å². The van der Waals surface area contributed by atoms with Crippen molar-refractivity contribution in [3.63, 3.8) is 0 Å². The summed E-state index contributed by atoms with van der Waals surface area (Å²) in [5, 5.41) is 14.0. The molecular weight excluding hydrogens is 360 g/mol. The first kappa shape index (κ1) is 18.1. The van der Waals surface area contributed by atoms with Gasteiger partial charge in [0.05, 0.1) is 13.2 Å². The predicted octanol–water partition coefficient (Wildman–Crippen LogP) is 3.74. The van der Waals surface area contributed by atoms with E-state index in [2.05, 4.69) is 20.8 Å². The first-order valence-electron chi connectivity index (χ1n) is 8.03. The maximum atomic E-state index is 12.0. The minimum Gasteiger partial charge on any atom is -0.353 e. The van der Waals surface area contributed by atoms with E-state index in [9.17, 15) is 4.79 Å². The number of rotatable bonds is 6. The highest BCUT2D eigenvalue weighted by Crippen LogP contribution is 2.27. The Kier molecular flexibility index (Phi) is 6.62. The molecule has 2 amide bonds. The summed E-state index contributed by atoms with van der Waals surface area (Å²) >= 11 is 2.93. The molecule has 25 heavy (non-hydrogen) atoms. The van der Waals surface area contributed by atoms with Gasteiger partial charge in [-0.25, -0.2) is 4.79 Å². The lowest BCUT2D eigenvalue weighted by Crippen LogP contribution is -2.25. The minimum atomic E-state index is -0.333. The van der Waals surface area contributed by atoms with E-state index in [1.807, 2.05) is 31.2 Å². The fourth-order valence-electron chi connectivity index (χ4n) is 2.16. The average molecular weight is 380 g/mol. The Labute approximate surface area is 154 Å². The molecule has 2 heterocycles. The maximum absolute atomic E-state index is 12.0. The Bertz CT molecular complexity index is 687. The van der Waals surface area contributed by atoms with E-state index in [4.69, 9.17) is 9.47 Å². The van der Waals surface area contributed by atoms with E-state index in [1.165, 1.54) is 11.3 Å². The van der Waals surface area contributed by atoms with Gasteiger partial charge in [0.25, 0.3) is 0 Å². The van der Waals surface area contributed by atoms with Crippen LogP contribution in [0.15, 0.2) is 28.6 Å². The Morgan fingerprint density at radius 2 is 2.00 bits per heavy atom. The second kappa shape index (κ2) is 9.14. The van der Waals surface area contributed by atoms with Crippen LogP contribution < -0.4 is 10.6 Å². The standard InChI is InChI=1S/C16H20N4O3S2/c1-11-3-5-12(6-4-11)17-14(21)18-15-19-20-16(25-15)24-10-7-13-22-8-2-9-23-13/h3-6,13H,2,7-10H2,1H3,(H2,17,18,19,21). The van der Waals surface area contributed by atoms with Gasteiger partial charge in [0.1, 0.15) is 0 Å². The molecule has 1 aliphatic heterocycles. The summed E-state index contributed by atoms with van der Waals surface area (Å²) in [6.45, 7) is 3.52. The third kappa shape index (κ3) is 5.96. The fraction of sp³-hybridized carbons (Fsp3) is 0.438. The first-order chi connectivity index (χ1) is 12.2. The molecule has 9 heteroatoms. The number of carbonyl (C=O) groups excluding carboxylic acids is 1. The normalized spacial score (nSPS) is 15.1. The number of nitrogens with zero attached hydrogens (tertiary/aromatic N) is 2. The number of aromatic nitrogens is 2. The van der Waals surface area contributed by atoms with Crippen LogP contribution in [0.3, 0.4) is 0 Å². The summed E-state index contributed by atoms with van der Waals surface area (Å²) in [5.41, 5.74) is 1.87. The lowest BCUT2D eigenvalue weighted by atomic mass is 10.2. The van der Waals surface area contributed by atoms with Crippen molar-refractivity contribution in [1.82, 2.24) is 10.2 Å². The predicted molar refractivity (Wildman–Crippen MR) is 99.4 cm³/mol. The molecule has 0 bridgehead atoms. The quantitative estimate of drug-likeness (QED) is 0.587. The van der Waals surface area contributed by atoms with Gasteiger partial charge in [-0.1, -0.05) is 40.8 Å². The molecule has 2 aromatic rings. The fourth-order valence-corrected chi connectivity index (χ4v) is 3.94. The van der Waals surface area contributed by atoms with E-state index in [-0.39, 0.29) is 12.3 Å². The van der Waals surface area contributed by atoms with Gasteiger partial charge in [-0.05, 0) is 25.5 Å². The van der Waals surface area contributed by atoms with Crippen LogP contribution in [0.2, 0.25) is 0 Å². The van der Waals surface area contributed by atoms with Gasteiger partial charge in [0, 0.05) is 17.9 Å². The number of nitrogens with one attached hydrogen (secondary N) is 2. The number of ether oxygens (including phenoxy) is 2. The highest BCUT2D eigenvalue weighted by atomic mass is 32.2. The lowest BCUT2D eigenvalue weighted by Gasteiger charge is -2.22. The van der Waals surface area contributed by atoms with Crippen molar-refractivity contribution in [2.24, 2.45) is 0 Å². The van der Waals surface area contributed by atoms with Gasteiger partial charge in [-0.15, -0.1) is 10.2 Å². The Morgan fingerprint density at radius 3 is 2.76 bits per heavy atom. The molecule has 0 radical (unpaired) electrons. The van der Waals surface area contributed by atoms with Crippen molar-refractivity contribution in [2.45, 2.75) is 30.4 Å². The highest BCUT2D eigenvalue weighted by molar-refractivity contribution is 8.01. The lowest BCUT2D eigenvalue weighted by molar-refractivity contribution is -0.178. The molecule has 3 rings (SSSR count). The molecule has 1 aromatic heterocycles. The SMILES string of the molecule is Cc1ccc(NC(=O)Nc2nnc(SCCC3OCCCO3)s2)cc1. The van der Waals surface area contributed by atoms with Crippen LogP contribution in [0.1, 0.15) is 18.4 Å². The molecule has 1 saturated heterocycles. The van der Waals surface area contributed by atoms with Crippen LogP contribution in [0.5, 0.6) is 0 Å². The van der Waals surface area contributed by atoms with Crippen molar-refractivity contribution in [1.29, 1.82) is 0 Å². The second-order valence-corrected chi connectivity index (χ2v) is 7.80. The zero-order valence-corrected chi connectivity index (χ0v) is 15.5. The van der Waals surface area contributed by atoms with Gasteiger partial charge < -0.3 is 14.8 Å². The molecule has 2 N–H and O–H groups in total. The maximum Gasteiger partial charge on any atom is 0.325 e. The number of anilines is 2. The molecule has 0 spiro atoms. The van der Waals surface area contributed by atoms with E-state index < -0.39 is 0 Å². The summed E-state index contributed by atoms with van der Waals surface area (Å²) in [4.78, 5) is 12.0. The smallest absolute Gasteiger partial charge is 0.325 e. The number of amides is 2. The molecule has 1 fully saturated rings. The highest BCUT2D eigenvalue weighted by Gasteiger charge is 2.15. The average Bonchev–Trinajstić information content (AvgIpc) is 3.05. The summed E-state index contributed by atoms with van der Waals surface area (Å²) in [6, 6.07) is 7.25. The molecule has 134 valence electrons. The summed E-state index contributed by atoms with van der Waals surface area (Å²) in [6.07, 6.45) is 1.65. The van der Waals surface area contributed by atoms with E-state index >= 15 is 0 Å². The van der Waals surface area contributed by atoms with Crippen molar-refractivity contribution in [3.05, 3.63) is 29.8 Å². The minimum absolute atomic E-state index is 0.118. The van der Waals surface area contributed by atoms with E-state index in [1.54, 1.807) is 11.8 Å². The van der Waals surface area contributed by atoms with E-state index in [0.717, 1.165) is 47.4 Å². The van der Waals surface area contributed by atoms with Crippen LogP contribution in [0.25, 0.3) is 0 Å². The number of carbonyl (C=O) groups is 1. The van der Waals surface area contributed by atoms with E-state index in [0.29, 0.717) is 5.13 Å². The largest absolute Gasteiger partial charge is 0.353 e. The number of hydrogen-bond acceptors (Lipinski definition) is 7. The number of thioether (sulfide) groups is 1. The van der Waals surface area contributed by atoms with Crippen LogP contribution in [-0.4, -0.2) is 41.5 Å². The monoisotopic (exact) mass is 380 g/mol. The van der Waals surface area contributed by atoms with Gasteiger partial charge >= 0.3 is 6.03 Å². The van der Waals surface area contributed by atoms with Crippen molar-refractivity contribution in [3.8, 4) is 0 Å². The number of aryl methyl sites for hydroxylation is 1. The van der Waals surface area contributed by atoms with Crippen molar-refractivity contribution in [2.75, 3.05) is 29.6 Å². The first-order valence-corrected chi connectivity index (χ1v) is 9.83. The molecule has 0 saturated carbocycles. The van der Waals surface area contributed by atoms with Gasteiger partial charge in [0.15, 0.2) is 10.6 Å².